The standard InChI is InChI=1S/C8HF18N/c9-3(10,11)1(4(12,13)14,5(15,16)17)27-2(6(18,19)20,7(21,22)23)8(24,25)26/h27H. The summed E-state index contributed by atoms with van der Waals surface area (Å²) in [5.41, 5.74) is -16.5. The van der Waals surface area contributed by atoms with Crippen molar-refractivity contribution in [3.05, 3.63) is 0 Å². The molecule has 19 heteroatoms. The predicted octanol–water partition coefficient (Wildman–Crippen LogP) is 5.43. The number of rotatable bonds is 2. The van der Waals surface area contributed by atoms with Gasteiger partial charge in [-0.05, 0) is 0 Å². The molecule has 27 heavy (non-hydrogen) atoms. The second-order valence-electron chi connectivity index (χ2n) is 4.61. The molecule has 1 N–H and O–H groups in total. The van der Waals surface area contributed by atoms with Crippen LogP contribution in [0.25, 0.3) is 0 Å². The molecule has 164 valence electrons. The summed E-state index contributed by atoms with van der Waals surface area (Å²) in [7, 11) is 0. The van der Waals surface area contributed by atoms with E-state index in [-0.39, 0.29) is 0 Å². The highest BCUT2D eigenvalue weighted by Gasteiger charge is 2.93. The molecule has 0 rings (SSSR count). The van der Waals surface area contributed by atoms with Crippen LogP contribution >= 0.6 is 0 Å². The van der Waals surface area contributed by atoms with Crippen molar-refractivity contribution in [2.45, 2.75) is 48.1 Å². The summed E-state index contributed by atoms with van der Waals surface area (Å²) in [6, 6.07) is 0. The molecule has 1 nitrogen and oxygen atoms in total. The van der Waals surface area contributed by atoms with Gasteiger partial charge < -0.3 is 0 Å². The van der Waals surface area contributed by atoms with Crippen molar-refractivity contribution < 1.29 is 79.0 Å². The van der Waals surface area contributed by atoms with Crippen LogP contribution in [-0.4, -0.2) is 48.1 Å². The van der Waals surface area contributed by atoms with E-state index >= 15 is 0 Å². The van der Waals surface area contributed by atoms with E-state index < -0.39 is 53.5 Å². The van der Waals surface area contributed by atoms with E-state index in [2.05, 4.69) is 0 Å². The zero-order valence-corrected chi connectivity index (χ0v) is 11.3. The molecule has 0 bridgehead atoms. The van der Waals surface area contributed by atoms with E-state index in [0.717, 1.165) is 0 Å². The lowest BCUT2D eigenvalue weighted by atomic mass is 9.87. The molecule has 0 amide bonds. The third-order valence-electron chi connectivity index (χ3n) is 2.93. The van der Waals surface area contributed by atoms with Crippen molar-refractivity contribution in [2.24, 2.45) is 0 Å². The van der Waals surface area contributed by atoms with Gasteiger partial charge in [0.2, 0.25) is 0 Å². The predicted molar refractivity (Wildman–Crippen MR) is 44.9 cm³/mol. The highest BCUT2D eigenvalue weighted by Crippen LogP contribution is 2.59. The van der Waals surface area contributed by atoms with E-state index in [1.165, 1.54) is 0 Å². The molecule has 0 aromatic carbocycles. The van der Waals surface area contributed by atoms with Crippen molar-refractivity contribution in [2.75, 3.05) is 0 Å². The summed E-state index contributed by atoms with van der Waals surface area (Å²) >= 11 is 0. The molecular formula is C8HF18N. The Morgan fingerprint density at radius 2 is 0.370 bits per heavy atom. The first kappa shape index (κ1) is 25.7. The maximum absolute atomic E-state index is 12.5. The lowest BCUT2D eigenvalue weighted by Crippen LogP contribution is -2.86. The molecule has 0 aliphatic heterocycles. The Balaban J connectivity index is 7.45. The fourth-order valence-corrected chi connectivity index (χ4v) is 1.67. The number of alkyl halides is 18. The normalized spacial score (nSPS) is 16.7. The topological polar surface area (TPSA) is 12.0 Å². The quantitative estimate of drug-likeness (QED) is 0.551. The minimum absolute atomic E-state index is 2.23. The number of nitrogens with one attached hydrogen (secondary N) is 1. The largest absolute Gasteiger partial charge is 0.424 e. The van der Waals surface area contributed by atoms with Crippen LogP contribution in [0.1, 0.15) is 0 Å². The second kappa shape index (κ2) is 6.10. The molecule has 0 saturated carbocycles. The maximum atomic E-state index is 12.5. The smallest absolute Gasteiger partial charge is 0.259 e. The van der Waals surface area contributed by atoms with Crippen LogP contribution in [0, 0.1) is 0 Å². The Morgan fingerprint density at radius 3 is 0.444 bits per heavy atom. The van der Waals surface area contributed by atoms with E-state index in [1.807, 2.05) is 0 Å². The lowest BCUT2D eigenvalue weighted by Gasteiger charge is -2.47. The zero-order valence-electron chi connectivity index (χ0n) is 11.3. The van der Waals surface area contributed by atoms with Gasteiger partial charge in [0.1, 0.15) is 0 Å². The first-order chi connectivity index (χ1) is 11.2. The third kappa shape index (κ3) is 3.69. The molecule has 0 aliphatic rings. The highest BCUT2D eigenvalue weighted by molar-refractivity contribution is 5.18. The zero-order chi connectivity index (χ0) is 22.7. The molecule has 0 aromatic rings. The van der Waals surface area contributed by atoms with Crippen LogP contribution < -0.4 is 5.32 Å². The van der Waals surface area contributed by atoms with Crippen molar-refractivity contribution in [3.63, 3.8) is 0 Å². The summed E-state index contributed by atoms with van der Waals surface area (Å²) < 4.78 is 224. The molecule has 0 atom stereocenters. The Kier molecular flexibility index (Phi) is 5.80. The summed E-state index contributed by atoms with van der Waals surface area (Å²) in [5.74, 6) is 0. The van der Waals surface area contributed by atoms with Crippen LogP contribution in [0.15, 0.2) is 0 Å². The van der Waals surface area contributed by atoms with Crippen LogP contribution in [0.4, 0.5) is 79.0 Å². The average Bonchev–Trinajstić information content (AvgIpc) is 2.16. The van der Waals surface area contributed by atoms with Crippen molar-refractivity contribution >= 4 is 0 Å². The average molecular weight is 453 g/mol. The van der Waals surface area contributed by atoms with Gasteiger partial charge in [0.15, 0.2) is 0 Å². The molecule has 0 spiro atoms. The van der Waals surface area contributed by atoms with Crippen molar-refractivity contribution in [1.29, 1.82) is 0 Å². The maximum Gasteiger partial charge on any atom is 0.424 e. The van der Waals surface area contributed by atoms with E-state index in [4.69, 9.17) is 0 Å². The second-order valence-corrected chi connectivity index (χ2v) is 4.61. The van der Waals surface area contributed by atoms with Gasteiger partial charge in [0.25, 0.3) is 0 Å². The first-order valence-corrected chi connectivity index (χ1v) is 5.40. The Morgan fingerprint density at radius 1 is 0.259 bits per heavy atom. The number of hydrogen-bond donors (Lipinski definition) is 1. The van der Waals surface area contributed by atoms with Gasteiger partial charge in [-0.2, -0.15) is 79.0 Å². The van der Waals surface area contributed by atoms with Gasteiger partial charge in [0, 0.05) is 0 Å². The van der Waals surface area contributed by atoms with E-state index in [1.54, 1.807) is 0 Å². The first-order valence-electron chi connectivity index (χ1n) is 5.40. The number of halogens is 18. The molecule has 0 unspecified atom stereocenters. The van der Waals surface area contributed by atoms with Crippen LogP contribution in [-0.2, 0) is 0 Å². The van der Waals surface area contributed by atoms with Crippen molar-refractivity contribution in [1.82, 2.24) is 5.32 Å². The molecule has 0 fully saturated rings. The van der Waals surface area contributed by atoms with Gasteiger partial charge in [-0.15, -0.1) is 0 Å². The van der Waals surface area contributed by atoms with Gasteiger partial charge >= 0.3 is 48.1 Å². The lowest BCUT2D eigenvalue weighted by molar-refractivity contribution is -0.440. The van der Waals surface area contributed by atoms with Gasteiger partial charge in [-0.25, -0.2) is 0 Å². The van der Waals surface area contributed by atoms with Crippen molar-refractivity contribution in [3.8, 4) is 0 Å². The summed E-state index contributed by atoms with van der Waals surface area (Å²) in [4.78, 5) is 0. The van der Waals surface area contributed by atoms with E-state index in [9.17, 15) is 79.0 Å². The molecule has 0 aliphatic carbocycles. The van der Waals surface area contributed by atoms with Crippen LogP contribution in [0.5, 0.6) is 0 Å². The fourth-order valence-electron chi connectivity index (χ4n) is 1.67. The number of hydrogen-bond acceptors (Lipinski definition) is 1. The van der Waals surface area contributed by atoms with Gasteiger partial charge in [-0.3, -0.25) is 5.32 Å². The van der Waals surface area contributed by atoms with Crippen LogP contribution in [0.2, 0.25) is 0 Å². The fraction of sp³-hybridized carbons (Fsp3) is 1.00. The Labute approximate surface area is 134 Å². The van der Waals surface area contributed by atoms with E-state index in [0.29, 0.717) is 0 Å². The molecule has 0 saturated heterocycles. The summed E-state index contributed by atoms with van der Waals surface area (Å²) in [5, 5.41) is -2.23. The van der Waals surface area contributed by atoms with Gasteiger partial charge in [-0.1, -0.05) is 0 Å². The third-order valence-corrected chi connectivity index (χ3v) is 2.93. The molecule has 0 aromatic heterocycles. The molecular weight excluding hydrogens is 452 g/mol. The van der Waals surface area contributed by atoms with Crippen LogP contribution in [0.3, 0.4) is 0 Å². The monoisotopic (exact) mass is 453 g/mol. The van der Waals surface area contributed by atoms with Gasteiger partial charge in [0.05, 0.1) is 0 Å². The SMILES string of the molecule is FC(F)(F)C(NC(C(F)(F)F)(C(F)(F)F)C(F)(F)F)(C(F)(F)F)C(F)(F)F. The molecule has 0 heterocycles. The Bertz CT molecular complexity index is 398. The highest BCUT2D eigenvalue weighted by atomic mass is 19.4. The summed E-state index contributed by atoms with van der Waals surface area (Å²) in [6.07, 6.45) is -49.0. The molecule has 0 radical (unpaired) electrons. The Hall–Kier alpha value is -1.30. The summed E-state index contributed by atoms with van der Waals surface area (Å²) in [6.45, 7) is 0. The minimum atomic E-state index is -8.24. The minimum Gasteiger partial charge on any atom is -0.259 e.